The molecular weight excluding hydrogens is 266 g/mol. The maximum Gasteiger partial charge on any atom is 0.188 e. The Kier molecular flexibility index (Phi) is 3.92. The molecule has 1 atom stereocenters. The minimum absolute atomic E-state index is 0.517. The summed E-state index contributed by atoms with van der Waals surface area (Å²) in [6.07, 6.45) is 2.27. The summed E-state index contributed by atoms with van der Waals surface area (Å²) in [5.74, 6) is 0. The number of aryl methyl sites for hydroxylation is 3. The first-order chi connectivity index (χ1) is 9.70. The van der Waals surface area contributed by atoms with Crippen molar-refractivity contribution in [2.24, 2.45) is 0 Å². The largest absolute Gasteiger partial charge is 0.384 e. The molecule has 0 amide bonds. The zero-order valence-electron chi connectivity index (χ0n) is 11.9. The SMILES string of the molecule is Cc1cc(C)nc(SC2CCc3ccccc3NC2)n1. The molecule has 1 unspecified atom stereocenters. The van der Waals surface area contributed by atoms with E-state index in [4.69, 9.17) is 0 Å². The number of hydrogen-bond acceptors (Lipinski definition) is 4. The highest BCUT2D eigenvalue weighted by atomic mass is 32.2. The zero-order chi connectivity index (χ0) is 13.9. The molecule has 104 valence electrons. The van der Waals surface area contributed by atoms with Gasteiger partial charge in [-0.15, -0.1) is 0 Å². The van der Waals surface area contributed by atoms with Crippen molar-refractivity contribution in [1.29, 1.82) is 0 Å². The molecule has 1 N–H and O–H groups in total. The minimum atomic E-state index is 0.517. The summed E-state index contributed by atoms with van der Waals surface area (Å²) in [5, 5.41) is 4.97. The zero-order valence-corrected chi connectivity index (χ0v) is 12.7. The molecule has 1 aliphatic heterocycles. The Morgan fingerprint density at radius 3 is 2.70 bits per heavy atom. The lowest BCUT2D eigenvalue weighted by Crippen LogP contribution is -2.15. The third-order valence-electron chi connectivity index (χ3n) is 3.51. The second-order valence-corrected chi connectivity index (χ2v) is 6.52. The Balaban J connectivity index is 1.71. The fourth-order valence-electron chi connectivity index (χ4n) is 2.55. The molecule has 0 bridgehead atoms. The van der Waals surface area contributed by atoms with Crippen LogP contribution >= 0.6 is 11.8 Å². The molecule has 1 aromatic heterocycles. The highest BCUT2D eigenvalue weighted by Crippen LogP contribution is 2.29. The van der Waals surface area contributed by atoms with Crippen LogP contribution in [0.4, 0.5) is 5.69 Å². The third-order valence-corrected chi connectivity index (χ3v) is 4.64. The number of benzene rings is 1. The fraction of sp³-hybridized carbons (Fsp3) is 0.375. The average Bonchev–Trinajstić information content (AvgIpc) is 2.61. The minimum Gasteiger partial charge on any atom is -0.384 e. The van der Waals surface area contributed by atoms with Crippen molar-refractivity contribution in [2.45, 2.75) is 37.1 Å². The van der Waals surface area contributed by atoms with Crippen LogP contribution in [0.15, 0.2) is 35.5 Å². The van der Waals surface area contributed by atoms with Crippen molar-refractivity contribution in [3.63, 3.8) is 0 Å². The van der Waals surface area contributed by atoms with Crippen LogP contribution in [-0.2, 0) is 6.42 Å². The number of aromatic nitrogens is 2. The third kappa shape index (κ3) is 3.12. The summed E-state index contributed by atoms with van der Waals surface area (Å²) in [5.41, 5.74) is 4.78. The van der Waals surface area contributed by atoms with Crippen LogP contribution in [0.2, 0.25) is 0 Å². The Morgan fingerprint density at radius 2 is 1.90 bits per heavy atom. The molecule has 2 aromatic rings. The lowest BCUT2D eigenvalue weighted by Gasteiger charge is -2.13. The van der Waals surface area contributed by atoms with Gasteiger partial charge in [0.2, 0.25) is 0 Å². The molecule has 0 saturated carbocycles. The monoisotopic (exact) mass is 285 g/mol. The van der Waals surface area contributed by atoms with Gasteiger partial charge in [-0.05, 0) is 44.4 Å². The first-order valence-electron chi connectivity index (χ1n) is 7.01. The molecule has 2 heterocycles. The number of hydrogen-bond donors (Lipinski definition) is 1. The number of para-hydroxylation sites is 1. The number of nitrogens with zero attached hydrogens (tertiary/aromatic N) is 2. The van der Waals surface area contributed by atoms with E-state index in [0.717, 1.165) is 35.9 Å². The highest BCUT2D eigenvalue weighted by molar-refractivity contribution is 7.99. The van der Waals surface area contributed by atoms with E-state index in [9.17, 15) is 0 Å². The van der Waals surface area contributed by atoms with Crippen LogP contribution in [0.3, 0.4) is 0 Å². The van der Waals surface area contributed by atoms with Gasteiger partial charge in [-0.2, -0.15) is 0 Å². The first kappa shape index (κ1) is 13.4. The Labute approximate surface area is 124 Å². The van der Waals surface area contributed by atoms with Gasteiger partial charge < -0.3 is 5.32 Å². The van der Waals surface area contributed by atoms with Gasteiger partial charge in [0.15, 0.2) is 5.16 Å². The molecule has 1 aliphatic rings. The van der Waals surface area contributed by atoms with Gasteiger partial charge in [0, 0.05) is 28.9 Å². The molecule has 20 heavy (non-hydrogen) atoms. The molecule has 0 fully saturated rings. The van der Waals surface area contributed by atoms with E-state index in [1.54, 1.807) is 11.8 Å². The van der Waals surface area contributed by atoms with Crippen molar-refractivity contribution in [1.82, 2.24) is 9.97 Å². The number of nitrogens with one attached hydrogen (secondary N) is 1. The summed E-state index contributed by atoms with van der Waals surface area (Å²) in [6, 6.07) is 10.6. The van der Waals surface area contributed by atoms with Crippen molar-refractivity contribution in [3.05, 3.63) is 47.3 Å². The van der Waals surface area contributed by atoms with Gasteiger partial charge in [0.25, 0.3) is 0 Å². The second-order valence-electron chi connectivity index (χ2n) is 5.25. The first-order valence-corrected chi connectivity index (χ1v) is 7.89. The molecule has 3 rings (SSSR count). The van der Waals surface area contributed by atoms with Gasteiger partial charge in [0.1, 0.15) is 0 Å². The predicted molar refractivity (Wildman–Crippen MR) is 84.4 cm³/mol. The van der Waals surface area contributed by atoms with E-state index in [1.165, 1.54) is 11.3 Å². The topological polar surface area (TPSA) is 37.8 Å². The highest BCUT2D eigenvalue weighted by Gasteiger charge is 2.17. The maximum atomic E-state index is 4.53. The Hall–Kier alpha value is -1.55. The molecular formula is C16H19N3S. The van der Waals surface area contributed by atoms with Gasteiger partial charge in [-0.3, -0.25) is 0 Å². The maximum absolute atomic E-state index is 4.53. The van der Waals surface area contributed by atoms with E-state index in [1.807, 2.05) is 19.9 Å². The molecule has 0 aliphatic carbocycles. The van der Waals surface area contributed by atoms with Gasteiger partial charge in [-0.1, -0.05) is 30.0 Å². The van der Waals surface area contributed by atoms with E-state index in [-0.39, 0.29) is 0 Å². The fourth-order valence-corrected chi connectivity index (χ4v) is 3.64. The average molecular weight is 285 g/mol. The summed E-state index contributed by atoms with van der Waals surface area (Å²) in [6.45, 7) is 5.03. The smallest absolute Gasteiger partial charge is 0.188 e. The van der Waals surface area contributed by atoms with Crippen molar-refractivity contribution in [2.75, 3.05) is 11.9 Å². The van der Waals surface area contributed by atoms with Gasteiger partial charge in [0.05, 0.1) is 0 Å². The Bertz CT molecular complexity index is 565. The van der Waals surface area contributed by atoms with Crippen LogP contribution in [0.5, 0.6) is 0 Å². The second kappa shape index (κ2) is 5.83. The van der Waals surface area contributed by atoms with E-state index in [2.05, 4.69) is 39.6 Å². The summed E-state index contributed by atoms with van der Waals surface area (Å²) < 4.78 is 0. The van der Waals surface area contributed by atoms with Crippen molar-refractivity contribution >= 4 is 17.4 Å². The normalized spacial score (nSPS) is 18.0. The molecule has 4 heteroatoms. The van der Waals surface area contributed by atoms with E-state index in [0.29, 0.717) is 5.25 Å². The lowest BCUT2D eigenvalue weighted by molar-refractivity contribution is 0.793. The molecule has 0 radical (unpaired) electrons. The number of fused-ring (bicyclic) bond motifs is 1. The van der Waals surface area contributed by atoms with Gasteiger partial charge >= 0.3 is 0 Å². The number of rotatable bonds is 2. The van der Waals surface area contributed by atoms with E-state index >= 15 is 0 Å². The molecule has 0 saturated heterocycles. The van der Waals surface area contributed by atoms with Crippen molar-refractivity contribution in [3.8, 4) is 0 Å². The van der Waals surface area contributed by atoms with Crippen LogP contribution < -0.4 is 5.32 Å². The standard InChI is InChI=1S/C16H19N3S/c1-11-9-12(2)19-16(18-11)20-14-8-7-13-5-3-4-6-15(13)17-10-14/h3-6,9,14,17H,7-8,10H2,1-2H3. The molecule has 1 aromatic carbocycles. The van der Waals surface area contributed by atoms with E-state index < -0.39 is 0 Å². The summed E-state index contributed by atoms with van der Waals surface area (Å²) in [7, 11) is 0. The number of anilines is 1. The van der Waals surface area contributed by atoms with Crippen LogP contribution in [0.1, 0.15) is 23.4 Å². The number of thioether (sulfide) groups is 1. The quantitative estimate of drug-likeness (QED) is 0.855. The van der Waals surface area contributed by atoms with Crippen LogP contribution in [0.25, 0.3) is 0 Å². The summed E-state index contributed by atoms with van der Waals surface area (Å²) >= 11 is 1.79. The molecule has 0 spiro atoms. The molecule has 3 nitrogen and oxygen atoms in total. The predicted octanol–water partition coefficient (Wildman–Crippen LogP) is 3.61. The lowest BCUT2D eigenvalue weighted by atomic mass is 10.1. The van der Waals surface area contributed by atoms with Crippen LogP contribution in [0, 0.1) is 13.8 Å². The van der Waals surface area contributed by atoms with Crippen LogP contribution in [-0.4, -0.2) is 21.8 Å². The summed E-state index contributed by atoms with van der Waals surface area (Å²) in [4.78, 5) is 9.06. The Morgan fingerprint density at radius 1 is 1.15 bits per heavy atom. The van der Waals surface area contributed by atoms with Crippen molar-refractivity contribution < 1.29 is 0 Å². The van der Waals surface area contributed by atoms with Gasteiger partial charge in [-0.25, -0.2) is 9.97 Å².